The van der Waals surface area contributed by atoms with E-state index in [9.17, 15) is 10.0 Å². The standard InChI is InChI=1S/C18H13BNO2.Al.HI/c21-19(22)13-9-11-14(12-10-13)20-17-7-3-1-5-15(17)16-6-2-4-8-18(16)20;;/h1,3-12,21-22H;;1H/q;+1;/p-1. The van der Waals surface area contributed by atoms with Gasteiger partial charge in [-0.1, -0.05) is 42.5 Å². The zero-order valence-corrected chi connectivity index (χ0v) is 16.0. The van der Waals surface area contributed by atoms with Crippen molar-refractivity contribution in [1.82, 2.24) is 4.57 Å². The topological polar surface area (TPSA) is 45.4 Å². The Morgan fingerprint density at radius 2 is 1.54 bits per heavy atom. The van der Waals surface area contributed by atoms with Crippen LogP contribution < -0.4 is 9.89 Å². The van der Waals surface area contributed by atoms with Crippen molar-refractivity contribution in [2.75, 3.05) is 0 Å². The number of nitrogens with zero attached hydrogens (tertiary/aromatic N) is 1. The Bertz CT molecular complexity index is 1030. The lowest BCUT2D eigenvalue weighted by Crippen LogP contribution is -2.29. The monoisotopic (exact) mass is 440 g/mol. The molecule has 0 spiro atoms. The molecule has 0 atom stereocenters. The first-order chi connectivity index (χ1) is 11.7. The minimum atomic E-state index is -1.44. The maximum absolute atomic E-state index is 9.30. The maximum atomic E-state index is 9.30. The van der Waals surface area contributed by atoms with Crippen molar-refractivity contribution < 1.29 is 10.0 Å². The molecule has 3 aromatic carbocycles. The van der Waals surface area contributed by atoms with Gasteiger partial charge in [-0.2, -0.15) is 0 Å². The van der Waals surface area contributed by atoms with E-state index in [1.807, 2.05) is 18.2 Å². The molecule has 0 aliphatic rings. The van der Waals surface area contributed by atoms with Gasteiger partial charge in [-0.3, -0.25) is 0 Å². The highest BCUT2D eigenvalue weighted by molar-refractivity contribution is 14.1. The lowest BCUT2D eigenvalue weighted by atomic mass is 9.80. The van der Waals surface area contributed by atoms with Gasteiger partial charge < -0.3 is 14.6 Å². The third kappa shape index (κ3) is 2.69. The van der Waals surface area contributed by atoms with Crippen LogP contribution in [0.3, 0.4) is 0 Å². The van der Waals surface area contributed by atoms with Crippen molar-refractivity contribution in [2.45, 2.75) is 0 Å². The SMILES string of the molecule is OB(O)c1ccc(-n2c3ccccc3c3c[c]([Al][I])ccc32)cc1. The summed E-state index contributed by atoms with van der Waals surface area (Å²) in [6.07, 6.45) is 0. The summed E-state index contributed by atoms with van der Waals surface area (Å²) in [5.41, 5.74) is 3.84. The van der Waals surface area contributed by atoms with Crippen LogP contribution in [0.4, 0.5) is 0 Å². The molecule has 6 heteroatoms. The summed E-state index contributed by atoms with van der Waals surface area (Å²) in [5.74, 6) is 0. The second-order valence-electron chi connectivity index (χ2n) is 5.70. The third-order valence-electron chi connectivity index (χ3n) is 4.27. The van der Waals surface area contributed by atoms with Crippen LogP contribution in [0.1, 0.15) is 0 Å². The van der Waals surface area contributed by atoms with Crippen LogP contribution in [-0.2, 0) is 0 Å². The van der Waals surface area contributed by atoms with E-state index < -0.39 is 7.12 Å². The second-order valence-corrected chi connectivity index (χ2v) is 8.46. The highest BCUT2D eigenvalue weighted by Gasteiger charge is 2.14. The fraction of sp³-hybridized carbons (Fsp3) is 0. The van der Waals surface area contributed by atoms with Crippen LogP contribution in [0.25, 0.3) is 27.5 Å². The highest BCUT2D eigenvalue weighted by Crippen LogP contribution is 2.31. The lowest BCUT2D eigenvalue weighted by molar-refractivity contribution is 0.426. The number of halogens is 1. The van der Waals surface area contributed by atoms with Crippen LogP contribution >= 0.6 is 20.3 Å². The van der Waals surface area contributed by atoms with Gasteiger partial charge in [0.1, 0.15) is 0 Å². The molecule has 4 aromatic rings. The number of hydrogen-bond acceptors (Lipinski definition) is 2. The van der Waals surface area contributed by atoms with Crippen molar-refractivity contribution in [3.8, 4) is 5.69 Å². The van der Waals surface area contributed by atoms with Gasteiger partial charge in [0.25, 0.3) is 0 Å². The predicted octanol–water partition coefficient (Wildman–Crippen LogP) is 2.14. The van der Waals surface area contributed by atoms with Gasteiger partial charge in [0.05, 0.1) is 11.0 Å². The zero-order valence-electron chi connectivity index (χ0n) is 12.7. The first-order valence-corrected chi connectivity index (χ1v) is 12.4. The summed E-state index contributed by atoms with van der Waals surface area (Å²) in [4.78, 5) is 0. The fourth-order valence-electron chi connectivity index (χ4n) is 3.13. The van der Waals surface area contributed by atoms with Crippen LogP contribution in [0, 0.1) is 0 Å². The normalized spacial score (nSPS) is 11.1. The minimum Gasteiger partial charge on any atom is -0.423 e. The largest absolute Gasteiger partial charge is 0.488 e. The van der Waals surface area contributed by atoms with E-state index in [0.717, 1.165) is 11.2 Å². The van der Waals surface area contributed by atoms with Crippen LogP contribution in [-0.4, -0.2) is 33.7 Å². The van der Waals surface area contributed by atoms with Crippen LogP contribution in [0.2, 0.25) is 0 Å². The molecule has 1 heterocycles. The van der Waals surface area contributed by atoms with E-state index in [4.69, 9.17) is 0 Å². The number of fused-ring (bicyclic) bond motifs is 3. The molecule has 0 aliphatic heterocycles. The van der Waals surface area contributed by atoms with Gasteiger partial charge >= 0.3 is 19.1 Å². The molecule has 4 rings (SSSR count). The lowest BCUT2D eigenvalue weighted by Gasteiger charge is -2.09. The fourth-order valence-corrected chi connectivity index (χ4v) is 4.69. The Kier molecular flexibility index (Phi) is 4.42. The Morgan fingerprint density at radius 3 is 2.25 bits per heavy atom. The Labute approximate surface area is 157 Å². The molecule has 1 radical (unpaired) electrons. The number of para-hydroxylation sites is 1. The average molecular weight is 440 g/mol. The van der Waals surface area contributed by atoms with Gasteiger partial charge in [-0.05, 0) is 29.7 Å². The number of rotatable bonds is 3. The van der Waals surface area contributed by atoms with E-state index in [1.165, 1.54) is 20.7 Å². The molecular weight excluding hydrogens is 427 g/mol. The van der Waals surface area contributed by atoms with Gasteiger partial charge in [0.15, 0.2) is 0 Å². The maximum Gasteiger partial charge on any atom is 0.488 e. The quantitative estimate of drug-likeness (QED) is 0.379. The summed E-state index contributed by atoms with van der Waals surface area (Å²) in [6, 6.07) is 22.4. The van der Waals surface area contributed by atoms with Crippen LogP contribution in [0.15, 0.2) is 66.7 Å². The van der Waals surface area contributed by atoms with E-state index in [-0.39, 0.29) is 11.9 Å². The zero-order chi connectivity index (χ0) is 16.7. The van der Waals surface area contributed by atoms with Gasteiger partial charge in [-0.25, -0.2) is 20.3 Å². The van der Waals surface area contributed by atoms with Crippen LogP contribution in [0.5, 0.6) is 0 Å². The Morgan fingerprint density at radius 1 is 0.833 bits per heavy atom. The summed E-state index contributed by atoms with van der Waals surface area (Å²) >= 11 is 2.72. The molecule has 1 aromatic heterocycles. The first-order valence-electron chi connectivity index (χ1n) is 7.62. The molecule has 0 saturated carbocycles. The predicted molar refractivity (Wildman–Crippen MR) is 110 cm³/mol. The number of benzene rings is 3. The van der Waals surface area contributed by atoms with Gasteiger partial charge in [0, 0.05) is 16.5 Å². The molecule has 0 amide bonds. The van der Waals surface area contributed by atoms with Crippen molar-refractivity contribution in [1.29, 1.82) is 0 Å². The van der Waals surface area contributed by atoms with Crippen molar-refractivity contribution >= 4 is 71.0 Å². The molecule has 0 aliphatic carbocycles. The summed E-state index contributed by atoms with van der Waals surface area (Å²) < 4.78 is 3.62. The van der Waals surface area contributed by atoms with E-state index in [1.54, 1.807) is 12.1 Å². The second kappa shape index (κ2) is 6.55. The summed E-state index contributed by atoms with van der Waals surface area (Å²) in [6.45, 7) is 0. The third-order valence-corrected chi connectivity index (χ3v) is 7.04. The molecule has 0 unspecified atom stereocenters. The first kappa shape index (κ1) is 16.2. The molecule has 0 saturated heterocycles. The van der Waals surface area contributed by atoms with Crippen molar-refractivity contribution in [3.05, 3.63) is 66.7 Å². The summed E-state index contributed by atoms with van der Waals surface area (Å²) in [7, 11) is -1.44. The molecule has 2 N–H and O–H groups in total. The Hall–Kier alpha value is -1.29. The molecule has 24 heavy (non-hydrogen) atoms. The molecule has 115 valence electrons. The van der Waals surface area contributed by atoms with E-state index >= 15 is 0 Å². The minimum absolute atomic E-state index is 0.257. The average Bonchev–Trinajstić information content (AvgIpc) is 2.95. The highest BCUT2D eigenvalue weighted by atomic mass is 127. The van der Waals surface area contributed by atoms with E-state index in [0.29, 0.717) is 5.46 Å². The van der Waals surface area contributed by atoms with Crippen molar-refractivity contribution in [3.63, 3.8) is 0 Å². The van der Waals surface area contributed by atoms with Gasteiger partial charge in [-0.15, -0.1) is 4.43 Å². The Balaban J connectivity index is 2.02. The smallest absolute Gasteiger partial charge is 0.423 e. The molecule has 0 bridgehead atoms. The number of hydrogen-bond donors (Lipinski definition) is 2. The van der Waals surface area contributed by atoms with Gasteiger partial charge in [0.2, 0.25) is 0 Å². The molecular formula is C18H13AlBINO2. The summed E-state index contributed by atoms with van der Waals surface area (Å²) in [5, 5.41) is 21.1. The van der Waals surface area contributed by atoms with E-state index in [2.05, 4.69) is 61.2 Å². The van der Waals surface area contributed by atoms with Crippen molar-refractivity contribution in [2.24, 2.45) is 0 Å². The molecule has 0 fully saturated rings. The number of aromatic nitrogens is 1. The molecule has 3 nitrogen and oxygen atoms in total.